The van der Waals surface area contributed by atoms with Gasteiger partial charge in [-0.15, -0.1) is 0 Å². The zero-order valence-electron chi connectivity index (χ0n) is 6.22. The summed E-state index contributed by atoms with van der Waals surface area (Å²) in [7, 11) is 0. The fourth-order valence-corrected chi connectivity index (χ4v) is 1.24. The summed E-state index contributed by atoms with van der Waals surface area (Å²) in [5.41, 5.74) is 0. The summed E-state index contributed by atoms with van der Waals surface area (Å²) in [5, 5.41) is 8.46. The molecule has 0 aliphatic carbocycles. The van der Waals surface area contributed by atoms with Crippen molar-refractivity contribution < 1.29 is 31.4 Å². The second-order valence-electron chi connectivity index (χ2n) is 2.18. The van der Waals surface area contributed by atoms with Crippen LogP contribution in [-0.4, -0.2) is 13.9 Å². The van der Waals surface area contributed by atoms with E-state index in [2.05, 4.69) is 0 Å². The minimum atomic E-state index is -3.22. The maximum absolute atomic E-state index is 12.7. The van der Waals surface area contributed by atoms with Crippen LogP contribution in [0.15, 0.2) is 4.90 Å². The van der Waals surface area contributed by atoms with Crippen molar-refractivity contribution in [3.8, 4) is 5.75 Å². The number of benzene rings is 1. The van der Waals surface area contributed by atoms with Gasteiger partial charge in [-0.2, -0.15) is 8.78 Å². The molecule has 3 nitrogen and oxygen atoms in total. The molecule has 14 heavy (non-hydrogen) atoms. The molecule has 0 fully saturated rings. The Hall–Kier alpha value is -1.15. The van der Waals surface area contributed by atoms with Crippen LogP contribution in [0, 0.1) is 23.3 Å². The van der Waals surface area contributed by atoms with E-state index in [1.807, 2.05) is 0 Å². The van der Waals surface area contributed by atoms with Gasteiger partial charge in [-0.05, 0) is 0 Å². The van der Waals surface area contributed by atoms with Gasteiger partial charge in [-0.1, -0.05) is 0 Å². The molecule has 0 heterocycles. The number of aromatic hydroxyl groups is 1. The maximum Gasteiger partial charge on any atom is 0.205 e. The lowest BCUT2D eigenvalue weighted by atomic mass is 10.3. The molecule has 1 rings (SSSR count). The van der Waals surface area contributed by atoms with Gasteiger partial charge < -0.3 is 9.66 Å². The average Bonchev–Trinajstić information content (AvgIpc) is 2.11. The fourth-order valence-electron chi connectivity index (χ4n) is 0.753. The highest BCUT2D eigenvalue weighted by Crippen LogP contribution is 2.29. The molecule has 1 atom stereocenters. The Labute approximate surface area is 77.3 Å². The van der Waals surface area contributed by atoms with Gasteiger partial charge in [-0.25, -0.2) is 13.0 Å². The lowest BCUT2D eigenvalue weighted by molar-refractivity contribution is 0.342. The van der Waals surface area contributed by atoms with Crippen molar-refractivity contribution in [2.24, 2.45) is 0 Å². The summed E-state index contributed by atoms with van der Waals surface area (Å²) in [4.78, 5) is -1.67. The summed E-state index contributed by atoms with van der Waals surface area (Å²) in [6, 6.07) is 0. The minimum Gasteiger partial charge on any atom is -0.503 e. The van der Waals surface area contributed by atoms with Crippen LogP contribution in [0.1, 0.15) is 0 Å². The van der Waals surface area contributed by atoms with Crippen LogP contribution in [0.2, 0.25) is 0 Å². The van der Waals surface area contributed by atoms with Gasteiger partial charge in [0.05, 0.1) is 0 Å². The van der Waals surface area contributed by atoms with Gasteiger partial charge in [0, 0.05) is 0 Å². The van der Waals surface area contributed by atoms with E-state index in [0.29, 0.717) is 0 Å². The van der Waals surface area contributed by atoms with Crippen molar-refractivity contribution >= 4 is 11.1 Å². The predicted octanol–water partition coefficient (Wildman–Crippen LogP) is 1.53. The Morgan fingerprint density at radius 2 is 1.29 bits per heavy atom. The molecule has 1 aromatic carbocycles. The van der Waals surface area contributed by atoms with Gasteiger partial charge in [0.15, 0.2) is 28.5 Å². The Balaban J connectivity index is 3.68. The van der Waals surface area contributed by atoms with E-state index in [0.717, 1.165) is 0 Å². The largest absolute Gasteiger partial charge is 0.503 e. The first-order valence-corrected chi connectivity index (χ1v) is 4.14. The second-order valence-corrected chi connectivity index (χ2v) is 3.09. The van der Waals surface area contributed by atoms with Crippen molar-refractivity contribution in [1.29, 1.82) is 0 Å². The van der Waals surface area contributed by atoms with Crippen molar-refractivity contribution in [2.45, 2.75) is 4.90 Å². The van der Waals surface area contributed by atoms with Crippen LogP contribution in [0.3, 0.4) is 0 Å². The number of phenols is 1. The Morgan fingerprint density at radius 1 is 0.929 bits per heavy atom. The highest BCUT2D eigenvalue weighted by molar-refractivity contribution is 7.79. The summed E-state index contributed by atoms with van der Waals surface area (Å²) >= 11 is -3.22. The summed E-state index contributed by atoms with van der Waals surface area (Å²) in [5.74, 6) is -10.3. The highest BCUT2D eigenvalue weighted by atomic mass is 32.2. The minimum absolute atomic E-state index is 1.67. The SMILES string of the molecule is O=S(O)c1c(F)c(F)c(O)c(F)c1F. The molecule has 0 amide bonds. The molecular formula is C6H2F4O3S. The third-order valence-corrected chi connectivity index (χ3v) is 2.08. The molecule has 0 aromatic heterocycles. The molecule has 78 valence electrons. The van der Waals surface area contributed by atoms with Gasteiger partial charge >= 0.3 is 0 Å². The molecule has 0 spiro atoms. The smallest absolute Gasteiger partial charge is 0.205 e. The lowest BCUT2D eigenvalue weighted by Gasteiger charge is -2.04. The van der Waals surface area contributed by atoms with Crippen LogP contribution in [0.4, 0.5) is 17.6 Å². The van der Waals surface area contributed by atoms with Crippen molar-refractivity contribution in [3.63, 3.8) is 0 Å². The Bertz CT molecular complexity index is 391. The van der Waals surface area contributed by atoms with Crippen LogP contribution in [0.25, 0.3) is 0 Å². The summed E-state index contributed by atoms with van der Waals surface area (Å²) < 4.78 is 68.9. The van der Waals surface area contributed by atoms with Crippen LogP contribution in [0.5, 0.6) is 5.75 Å². The number of rotatable bonds is 1. The number of phenolic OH excluding ortho intramolecular Hbond substituents is 1. The first-order chi connectivity index (χ1) is 6.37. The first kappa shape index (κ1) is 10.9. The van der Waals surface area contributed by atoms with E-state index in [1.54, 1.807) is 0 Å². The Morgan fingerprint density at radius 3 is 1.57 bits per heavy atom. The van der Waals surface area contributed by atoms with Crippen LogP contribution in [-0.2, 0) is 11.1 Å². The van der Waals surface area contributed by atoms with Gasteiger partial charge in [0.2, 0.25) is 11.6 Å². The highest BCUT2D eigenvalue weighted by Gasteiger charge is 2.28. The molecule has 0 radical (unpaired) electrons. The zero-order valence-corrected chi connectivity index (χ0v) is 7.04. The molecular weight excluding hydrogens is 228 g/mol. The molecule has 0 saturated heterocycles. The zero-order chi connectivity index (χ0) is 11.0. The molecule has 0 aliphatic heterocycles. The average molecular weight is 230 g/mol. The molecule has 8 heteroatoms. The number of hydrogen-bond acceptors (Lipinski definition) is 2. The van der Waals surface area contributed by atoms with Gasteiger partial charge in [0.1, 0.15) is 4.90 Å². The third kappa shape index (κ3) is 1.46. The van der Waals surface area contributed by atoms with Crippen LogP contribution >= 0.6 is 0 Å². The van der Waals surface area contributed by atoms with E-state index in [1.165, 1.54) is 0 Å². The van der Waals surface area contributed by atoms with Crippen LogP contribution < -0.4 is 0 Å². The molecule has 0 saturated carbocycles. The van der Waals surface area contributed by atoms with Gasteiger partial charge in [0.25, 0.3) is 0 Å². The standard InChI is InChI=1S/C6H2F4O3S/c7-1-3(9)6(14(12)13)4(10)2(8)5(1)11/h11H,(H,12,13). The number of halogens is 4. The molecule has 0 bridgehead atoms. The Kier molecular flexibility index (Phi) is 2.76. The van der Waals surface area contributed by atoms with Crippen molar-refractivity contribution in [2.75, 3.05) is 0 Å². The number of hydrogen-bond donors (Lipinski definition) is 2. The molecule has 2 N–H and O–H groups in total. The van der Waals surface area contributed by atoms with Crippen molar-refractivity contribution in [3.05, 3.63) is 23.3 Å². The predicted molar refractivity (Wildman–Crippen MR) is 37.0 cm³/mol. The fraction of sp³-hybridized carbons (Fsp3) is 0. The maximum atomic E-state index is 12.7. The summed E-state index contributed by atoms with van der Waals surface area (Å²) in [6.07, 6.45) is 0. The molecule has 1 aromatic rings. The van der Waals surface area contributed by atoms with E-state index < -0.39 is 45.0 Å². The van der Waals surface area contributed by atoms with Crippen molar-refractivity contribution in [1.82, 2.24) is 0 Å². The topological polar surface area (TPSA) is 57.5 Å². The molecule has 1 unspecified atom stereocenters. The molecule has 0 aliphatic rings. The van der Waals surface area contributed by atoms with E-state index in [-0.39, 0.29) is 0 Å². The van der Waals surface area contributed by atoms with E-state index >= 15 is 0 Å². The third-order valence-electron chi connectivity index (χ3n) is 1.37. The van der Waals surface area contributed by atoms with E-state index in [9.17, 15) is 21.8 Å². The first-order valence-electron chi connectivity index (χ1n) is 3.03. The summed E-state index contributed by atoms with van der Waals surface area (Å²) in [6.45, 7) is 0. The normalized spacial score (nSPS) is 12.9. The monoisotopic (exact) mass is 230 g/mol. The second kappa shape index (κ2) is 3.54. The van der Waals surface area contributed by atoms with E-state index in [4.69, 9.17) is 9.66 Å². The van der Waals surface area contributed by atoms with Gasteiger partial charge in [-0.3, -0.25) is 0 Å². The quantitative estimate of drug-likeness (QED) is 0.437. The lowest BCUT2D eigenvalue weighted by Crippen LogP contribution is -2.04.